The maximum atomic E-state index is 12.3. The molecule has 1 aromatic heterocycles. The summed E-state index contributed by atoms with van der Waals surface area (Å²) in [5.41, 5.74) is 3.42. The standard InChI is InChI=1S/C21H22N4O2S/c1-27-16-5-3-4-15(10-16)18-11-19-21(26)23-13-20(25(19)24-18)22-12-14-6-8-17(28-2)9-7-14/h3-11,20,22H,12-13H2,1-2H3,(H,23,26). The Kier molecular flexibility index (Phi) is 5.36. The molecule has 0 saturated carbocycles. The minimum absolute atomic E-state index is 0.104. The quantitative estimate of drug-likeness (QED) is 0.628. The third kappa shape index (κ3) is 3.76. The molecule has 28 heavy (non-hydrogen) atoms. The van der Waals surface area contributed by atoms with Gasteiger partial charge in [0.2, 0.25) is 0 Å². The second-order valence-corrected chi connectivity index (χ2v) is 7.43. The molecule has 0 radical (unpaired) electrons. The number of hydrogen-bond donors (Lipinski definition) is 2. The number of hydrogen-bond acceptors (Lipinski definition) is 5. The van der Waals surface area contributed by atoms with Crippen LogP contribution in [0, 0.1) is 0 Å². The van der Waals surface area contributed by atoms with Gasteiger partial charge in [-0.2, -0.15) is 5.10 Å². The van der Waals surface area contributed by atoms with E-state index in [1.165, 1.54) is 10.5 Å². The van der Waals surface area contributed by atoms with Crippen LogP contribution >= 0.6 is 11.8 Å². The first-order chi connectivity index (χ1) is 13.7. The van der Waals surface area contributed by atoms with Gasteiger partial charge in [-0.3, -0.25) is 10.1 Å². The smallest absolute Gasteiger partial charge is 0.269 e. The van der Waals surface area contributed by atoms with Crippen molar-refractivity contribution in [2.24, 2.45) is 0 Å². The van der Waals surface area contributed by atoms with Crippen LogP contribution in [0.5, 0.6) is 5.75 Å². The Bertz CT molecular complexity index is 984. The molecule has 0 saturated heterocycles. The van der Waals surface area contributed by atoms with Gasteiger partial charge in [-0.25, -0.2) is 4.68 Å². The molecule has 2 N–H and O–H groups in total. The van der Waals surface area contributed by atoms with Crippen LogP contribution in [0.2, 0.25) is 0 Å². The lowest BCUT2D eigenvalue weighted by Gasteiger charge is -2.25. The van der Waals surface area contributed by atoms with Crippen molar-refractivity contribution in [2.75, 3.05) is 19.9 Å². The summed E-state index contributed by atoms with van der Waals surface area (Å²) >= 11 is 1.73. The molecular weight excluding hydrogens is 372 g/mol. The van der Waals surface area contributed by atoms with E-state index in [1.54, 1.807) is 23.6 Å². The third-order valence-corrected chi connectivity index (χ3v) is 5.53. The minimum Gasteiger partial charge on any atom is -0.497 e. The molecule has 0 spiro atoms. The zero-order chi connectivity index (χ0) is 19.5. The number of ether oxygens (including phenoxy) is 1. The fourth-order valence-electron chi connectivity index (χ4n) is 3.23. The SMILES string of the molecule is COc1cccc(-c2cc3n(n2)C(NCc2ccc(SC)cc2)CNC3=O)c1. The molecular formula is C21H22N4O2S. The number of amides is 1. The maximum absolute atomic E-state index is 12.3. The van der Waals surface area contributed by atoms with Crippen LogP contribution in [0.4, 0.5) is 0 Å². The third-order valence-electron chi connectivity index (χ3n) is 4.79. The zero-order valence-corrected chi connectivity index (χ0v) is 16.6. The van der Waals surface area contributed by atoms with Crippen molar-refractivity contribution in [3.05, 3.63) is 65.9 Å². The predicted molar refractivity (Wildman–Crippen MR) is 111 cm³/mol. The van der Waals surface area contributed by atoms with Crippen molar-refractivity contribution in [1.82, 2.24) is 20.4 Å². The number of nitrogens with zero attached hydrogens (tertiary/aromatic N) is 2. The lowest BCUT2D eigenvalue weighted by Crippen LogP contribution is -2.45. The largest absolute Gasteiger partial charge is 0.497 e. The van der Waals surface area contributed by atoms with E-state index in [9.17, 15) is 4.79 Å². The van der Waals surface area contributed by atoms with E-state index in [-0.39, 0.29) is 12.1 Å². The van der Waals surface area contributed by atoms with Gasteiger partial charge < -0.3 is 10.1 Å². The number of aromatic nitrogens is 2. The second-order valence-electron chi connectivity index (χ2n) is 6.55. The molecule has 6 nitrogen and oxygen atoms in total. The molecule has 144 valence electrons. The van der Waals surface area contributed by atoms with Gasteiger partial charge in [-0.05, 0) is 42.2 Å². The molecule has 1 atom stereocenters. The molecule has 0 fully saturated rings. The lowest BCUT2D eigenvalue weighted by molar-refractivity contribution is 0.0900. The molecule has 2 heterocycles. The number of benzene rings is 2. The van der Waals surface area contributed by atoms with Gasteiger partial charge >= 0.3 is 0 Å². The van der Waals surface area contributed by atoms with Crippen LogP contribution in [-0.2, 0) is 6.54 Å². The van der Waals surface area contributed by atoms with E-state index < -0.39 is 0 Å². The Morgan fingerprint density at radius 2 is 2.07 bits per heavy atom. The van der Waals surface area contributed by atoms with E-state index in [0.29, 0.717) is 18.8 Å². The molecule has 7 heteroatoms. The average Bonchev–Trinajstić information content (AvgIpc) is 3.20. The van der Waals surface area contributed by atoms with Gasteiger partial charge in [-0.1, -0.05) is 24.3 Å². The number of carbonyl (C=O) groups is 1. The molecule has 0 bridgehead atoms. The Morgan fingerprint density at radius 1 is 1.25 bits per heavy atom. The average molecular weight is 395 g/mol. The highest BCUT2D eigenvalue weighted by Crippen LogP contribution is 2.26. The van der Waals surface area contributed by atoms with Crippen molar-refractivity contribution in [2.45, 2.75) is 17.6 Å². The fourth-order valence-corrected chi connectivity index (χ4v) is 3.64. The number of carbonyl (C=O) groups excluding carboxylic acids is 1. The lowest BCUT2D eigenvalue weighted by atomic mass is 10.1. The highest BCUT2D eigenvalue weighted by Gasteiger charge is 2.27. The van der Waals surface area contributed by atoms with Crippen LogP contribution in [0.1, 0.15) is 22.2 Å². The van der Waals surface area contributed by atoms with Crippen molar-refractivity contribution < 1.29 is 9.53 Å². The van der Waals surface area contributed by atoms with Gasteiger partial charge in [0.1, 0.15) is 17.6 Å². The highest BCUT2D eigenvalue weighted by atomic mass is 32.2. The summed E-state index contributed by atoms with van der Waals surface area (Å²) < 4.78 is 7.08. The van der Waals surface area contributed by atoms with Crippen LogP contribution in [0.3, 0.4) is 0 Å². The van der Waals surface area contributed by atoms with Gasteiger partial charge in [0.05, 0.1) is 19.3 Å². The Morgan fingerprint density at radius 3 is 2.82 bits per heavy atom. The summed E-state index contributed by atoms with van der Waals surface area (Å²) in [5.74, 6) is 0.653. The van der Waals surface area contributed by atoms with Crippen LogP contribution in [0.15, 0.2) is 59.5 Å². The molecule has 2 aromatic carbocycles. The number of rotatable bonds is 6. The van der Waals surface area contributed by atoms with Gasteiger partial charge in [0.25, 0.3) is 5.91 Å². The van der Waals surface area contributed by atoms with Gasteiger partial charge in [0.15, 0.2) is 0 Å². The molecule has 3 aromatic rings. The van der Waals surface area contributed by atoms with Crippen LogP contribution < -0.4 is 15.4 Å². The summed E-state index contributed by atoms with van der Waals surface area (Å²) in [7, 11) is 1.64. The first-order valence-electron chi connectivity index (χ1n) is 9.06. The number of methoxy groups -OCH3 is 1. The van der Waals surface area contributed by atoms with Crippen molar-refractivity contribution >= 4 is 17.7 Å². The van der Waals surface area contributed by atoms with Crippen LogP contribution in [-0.4, -0.2) is 35.6 Å². The number of thioether (sulfide) groups is 1. The summed E-state index contributed by atoms with van der Waals surface area (Å²) in [6, 6.07) is 18.0. The topological polar surface area (TPSA) is 68.2 Å². The zero-order valence-electron chi connectivity index (χ0n) is 15.8. The van der Waals surface area contributed by atoms with Crippen molar-refractivity contribution in [3.8, 4) is 17.0 Å². The first-order valence-corrected chi connectivity index (χ1v) is 10.3. The molecule has 1 unspecified atom stereocenters. The number of nitrogens with one attached hydrogen (secondary N) is 2. The summed E-state index contributed by atoms with van der Waals surface area (Å²) in [6.07, 6.45) is 1.96. The van der Waals surface area contributed by atoms with Crippen molar-refractivity contribution in [1.29, 1.82) is 0 Å². The maximum Gasteiger partial charge on any atom is 0.269 e. The highest BCUT2D eigenvalue weighted by molar-refractivity contribution is 7.98. The number of fused-ring (bicyclic) bond motifs is 1. The van der Waals surface area contributed by atoms with E-state index >= 15 is 0 Å². The van der Waals surface area contributed by atoms with Crippen molar-refractivity contribution in [3.63, 3.8) is 0 Å². The summed E-state index contributed by atoms with van der Waals surface area (Å²) in [4.78, 5) is 13.6. The first kappa shape index (κ1) is 18.6. The van der Waals surface area contributed by atoms with E-state index in [0.717, 1.165) is 17.0 Å². The Labute approximate surface area is 168 Å². The van der Waals surface area contributed by atoms with Gasteiger partial charge in [0, 0.05) is 17.0 Å². The summed E-state index contributed by atoms with van der Waals surface area (Å²) in [5, 5.41) is 11.1. The normalized spacial score (nSPS) is 15.8. The fraction of sp³-hybridized carbons (Fsp3) is 0.238. The molecule has 1 aliphatic rings. The predicted octanol–water partition coefficient (Wildman–Crippen LogP) is 3.31. The molecule has 4 rings (SSSR count). The minimum atomic E-state index is -0.107. The van der Waals surface area contributed by atoms with Gasteiger partial charge in [-0.15, -0.1) is 11.8 Å². The Hall–Kier alpha value is -2.77. The Balaban J connectivity index is 1.56. The molecule has 0 aliphatic carbocycles. The van der Waals surface area contributed by atoms with E-state index in [2.05, 4.69) is 41.2 Å². The van der Waals surface area contributed by atoms with Crippen LogP contribution in [0.25, 0.3) is 11.3 Å². The molecule has 1 amide bonds. The molecule has 1 aliphatic heterocycles. The monoisotopic (exact) mass is 394 g/mol. The van der Waals surface area contributed by atoms with E-state index in [1.807, 2.05) is 30.3 Å². The summed E-state index contributed by atoms with van der Waals surface area (Å²) in [6.45, 7) is 1.19. The van der Waals surface area contributed by atoms with E-state index in [4.69, 9.17) is 9.84 Å². The second kappa shape index (κ2) is 8.08.